The van der Waals surface area contributed by atoms with Crippen LogP contribution < -0.4 is 9.33 Å². The second-order valence-corrected chi connectivity index (χ2v) is 15.3. The molecular weight excluding hydrogens is 448 g/mol. The van der Waals surface area contributed by atoms with Crippen LogP contribution in [0.1, 0.15) is 33.6 Å². The number of rotatable bonds is 5. The lowest BCUT2D eigenvalue weighted by Crippen LogP contribution is -2.43. The van der Waals surface area contributed by atoms with Crippen LogP contribution in [0.4, 0.5) is 10.7 Å². The maximum absolute atomic E-state index is 12.2. The Hall–Kier alpha value is -2.91. The third-order valence-electron chi connectivity index (χ3n) is 7.23. The molecule has 2 aromatic heterocycles. The molecule has 0 unspecified atom stereocenters. The van der Waals surface area contributed by atoms with Crippen LogP contribution in [0.3, 0.4) is 0 Å². The first kappa shape index (κ1) is 24.2. The van der Waals surface area contributed by atoms with Gasteiger partial charge in [0, 0.05) is 43.0 Å². The van der Waals surface area contributed by atoms with Crippen LogP contribution in [0, 0.1) is 5.92 Å². The topological polar surface area (TPSA) is 101 Å². The van der Waals surface area contributed by atoms with Crippen LogP contribution in [-0.2, 0) is 0 Å². The second kappa shape index (κ2) is 9.03. The Morgan fingerprint density at radius 1 is 1.15 bits per heavy atom. The molecule has 9 heteroatoms. The Balaban J connectivity index is 1.64. The molecule has 0 saturated carbocycles. The molecule has 182 valence electrons. The van der Waals surface area contributed by atoms with Gasteiger partial charge in [-0.2, -0.15) is 0 Å². The van der Waals surface area contributed by atoms with Crippen LogP contribution in [0.15, 0.2) is 36.7 Å². The number of carboxylic acid groups (broad SMARTS) is 1. The molecule has 0 spiro atoms. The number of aromatic nitrogens is 3. The van der Waals surface area contributed by atoms with Crippen LogP contribution >= 0.6 is 0 Å². The quantitative estimate of drug-likeness (QED) is 0.481. The lowest BCUT2D eigenvalue weighted by molar-refractivity contribution is 0.198. The SMILES string of the molecule is CC(C)(C)[Si](C)(C)Oc1ccc2c(c1)cc(-c1cnc(N3CCC(CO)CC3)nc1)n2C(=O)O. The number of hydrogen-bond acceptors (Lipinski definition) is 6. The summed E-state index contributed by atoms with van der Waals surface area (Å²) in [6, 6.07) is 7.42. The molecule has 2 N–H and O–H groups in total. The van der Waals surface area contributed by atoms with Crippen molar-refractivity contribution in [2.75, 3.05) is 24.6 Å². The van der Waals surface area contributed by atoms with E-state index in [-0.39, 0.29) is 11.6 Å². The van der Waals surface area contributed by atoms with Crippen molar-refractivity contribution in [3.63, 3.8) is 0 Å². The summed E-state index contributed by atoms with van der Waals surface area (Å²) in [5.74, 6) is 1.72. The van der Waals surface area contributed by atoms with E-state index >= 15 is 0 Å². The average Bonchev–Trinajstić information content (AvgIpc) is 3.17. The summed E-state index contributed by atoms with van der Waals surface area (Å²) in [4.78, 5) is 23.3. The Labute approximate surface area is 201 Å². The van der Waals surface area contributed by atoms with Gasteiger partial charge in [0.1, 0.15) is 5.75 Å². The third kappa shape index (κ3) is 4.67. The maximum Gasteiger partial charge on any atom is 0.416 e. The number of nitrogens with zero attached hydrogens (tertiary/aromatic N) is 4. The number of aliphatic hydroxyl groups excluding tert-OH is 1. The van der Waals surface area contributed by atoms with Crippen LogP contribution in [-0.4, -0.2) is 58.9 Å². The molecule has 0 aliphatic carbocycles. The van der Waals surface area contributed by atoms with E-state index < -0.39 is 14.4 Å². The van der Waals surface area contributed by atoms with Crippen LogP contribution in [0.5, 0.6) is 5.75 Å². The zero-order valence-corrected chi connectivity index (χ0v) is 21.6. The number of benzene rings is 1. The van der Waals surface area contributed by atoms with Gasteiger partial charge in [-0.1, -0.05) is 20.8 Å². The highest BCUT2D eigenvalue weighted by molar-refractivity contribution is 6.74. The van der Waals surface area contributed by atoms with Gasteiger partial charge in [-0.3, -0.25) is 0 Å². The lowest BCUT2D eigenvalue weighted by Gasteiger charge is -2.36. The van der Waals surface area contributed by atoms with Gasteiger partial charge in [0.25, 0.3) is 0 Å². The van der Waals surface area contributed by atoms with Crippen LogP contribution in [0.2, 0.25) is 18.1 Å². The van der Waals surface area contributed by atoms with Crippen molar-refractivity contribution in [1.29, 1.82) is 0 Å². The van der Waals surface area contributed by atoms with Crippen molar-refractivity contribution < 1.29 is 19.4 Å². The molecule has 0 amide bonds. The standard InChI is InChI=1S/C25H34N4O4Si/c1-25(2,3)34(4,5)33-20-6-7-21-18(12-20)13-22(29(21)24(31)32)19-14-26-23(27-15-19)28-10-8-17(16-30)9-11-28/h6-7,12-15,17,30H,8-11,16H2,1-5H3,(H,31,32). The predicted molar refractivity (Wildman–Crippen MR) is 136 cm³/mol. The van der Waals surface area contributed by atoms with Crippen LogP contribution in [0.25, 0.3) is 22.2 Å². The number of fused-ring (bicyclic) bond motifs is 1. The fourth-order valence-electron chi connectivity index (χ4n) is 4.06. The number of carbonyl (C=O) groups is 1. The van der Waals surface area contributed by atoms with Crippen molar-refractivity contribution in [3.05, 3.63) is 36.7 Å². The molecule has 3 aromatic rings. The van der Waals surface area contributed by atoms with Crippen molar-refractivity contribution in [1.82, 2.24) is 14.5 Å². The molecular formula is C25H34N4O4Si. The molecule has 8 nitrogen and oxygen atoms in total. The zero-order valence-electron chi connectivity index (χ0n) is 20.6. The monoisotopic (exact) mass is 482 g/mol. The van der Waals surface area contributed by atoms with Gasteiger partial charge in [0.2, 0.25) is 14.3 Å². The predicted octanol–water partition coefficient (Wildman–Crippen LogP) is 5.22. The maximum atomic E-state index is 12.2. The van der Waals surface area contributed by atoms with Crippen molar-refractivity contribution in [3.8, 4) is 17.0 Å². The number of aliphatic hydroxyl groups is 1. The summed E-state index contributed by atoms with van der Waals surface area (Å²) in [5.41, 5.74) is 1.76. The molecule has 1 aliphatic heterocycles. The zero-order chi connectivity index (χ0) is 24.7. The van der Waals surface area contributed by atoms with E-state index in [1.807, 2.05) is 18.2 Å². The molecule has 34 heavy (non-hydrogen) atoms. The summed E-state index contributed by atoms with van der Waals surface area (Å²) in [7, 11) is -2.02. The van der Waals surface area contributed by atoms with Gasteiger partial charge in [0.05, 0.1) is 11.2 Å². The smallest absolute Gasteiger partial charge is 0.416 e. The average molecular weight is 483 g/mol. The number of hydrogen-bond donors (Lipinski definition) is 2. The third-order valence-corrected chi connectivity index (χ3v) is 11.6. The highest BCUT2D eigenvalue weighted by Crippen LogP contribution is 2.38. The van der Waals surface area contributed by atoms with Crippen molar-refractivity contribution >= 4 is 31.3 Å². The Bertz CT molecular complexity index is 1180. The summed E-state index contributed by atoms with van der Waals surface area (Å²) in [5, 5.41) is 20.2. The van der Waals surface area contributed by atoms with Gasteiger partial charge < -0.3 is 19.5 Å². The van der Waals surface area contributed by atoms with Gasteiger partial charge in [0.15, 0.2) is 0 Å². The molecule has 3 heterocycles. The van der Waals surface area contributed by atoms with Gasteiger partial charge in [-0.15, -0.1) is 0 Å². The molecule has 0 bridgehead atoms. The number of piperidine rings is 1. The summed E-state index contributed by atoms with van der Waals surface area (Å²) in [6.45, 7) is 12.8. The fourth-order valence-corrected chi connectivity index (χ4v) is 5.08. The summed E-state index contributed by atoms with van der Waals surface area (Å²) >= 11 is 0. The minimum absolute atomic E-state index is 0.0621. The molecule has 4 rings (SSSR count). The van der Waals surface area contributed by atoms with Gasteiger partial charge in [-0.05, 0) is 61.2 Å². The Morgan fingerprint density at radius 2 is 1.79 bits per heavy atom. The minimum atomic E-state index is -2.02. The van der Waals surface area contributed by atoms with Crippen molar-refractivity contribution in [2.45, 2.75) is 51.7 Å². The highest BCUT2D eigenvalue weighted by Gasteiger charge is 2.39. The lowest BCUT2D eigenvalue weighted by atomic mass is 9.98. The first-order valence-electron chi connectivity index (χ1n) is 11.8. The van der Waals surface area contributed by atoms with E-state index in [9.17, 15) is 15.0 Å². The number of anilines is 1. The van der Waals surface area contributed by atoms with E-state index in [1.54, 1.807) is 18.5 Å². The van der Waals surface area contributed by atoms with E-state index in [0.717, 1.165) is 37.1 Å². The molecule has 1 fully saturated rings. The second-order valence-electron chi connectivity index (χ2n) is 10.6. The largest absolute Gasteiger partial charge is 0.543 e. The van der Waals surface area contributed by atoms with E-state index in [1.165, 1.54) is 4.57 Å². The molecule has 1 aromatic carbocycles. The van der Waals surface area contributed by atoms with Crippen molar-refractivity contribution in [2.24, 2.45) is 5.92 Å². The molecule has 1 aliphatic rings. The van der Waals surface area contributed by atoms with E-state index in [2.05, 4.69) is 48.7 Å². The van der Waals surface area contributed by atoms with Gasteiger partial charge >= 0.3 is 6.09 Å². The molecule has 1 saturated heterocycles. The fraction of sp³-hybridized carbons (Fsp3) is 0.480. The normalized spacial score (nSPS) is 15.6. The first-order chi connectivity index (χ1) is 16.0. The molecule has 0 radical (unpaired) electrons. The Kier molecular flexibility index (Phi) is 6.43. The summed E-state index contributed by atoms with van der Waals surface area (Å²) < 4.78 is 7.70. The Morgan fingerprint density at radius 3 is 2.35 bits per heavy atom. The summed E-state index contributed by atoms with van der Waals surface area (Å²) in [6.07, 6.45) is 4.13. The van der Waals surface area contributed by atoms with E-state index in [0.29, 0.717) is 28.6 Å². The first-order valence-corrected chi connectivity index (χ1v) is 14.7. The molecule has 0 atom stereocenters. The highest BCUT2D eigenvalue weighted by atomic mass is 28.4. The van der Waals surface area contributed by atoms with E-state index in [4.69, 9.17) is 4.43 Å². The minimum Gasteiger partial charge on any atom is -0.543 e. The van der Waals surface area contributed by atoms with Gasteiger partial charge in [-0.25, -0.2) is 19.3 Å².